The third-order valence-corrected chi connectivity index (χ3v) is 4.32. The maximum Gasteiger partial charge on any atom is 0.251 e. The van der Waals surface area contributed by atoms with E-state index >= 15 is 0 Å². The van der Waals surface area contributed by atoms with Crippen molar-refractivity contribution in [3.63, 3.8) is 0 Å². The summed E-state index contributed by atoms with van der Waals surface area (Å²) in [6, 6.07) is 10.9. The molecule has 0 aliphatic heterocycles. The summed E-state index contributed by atoms with van der Waals surface area (Å²) in [7, 11) is 3.07. The van der Waals surface area contributed by atoms with Crippen LogP contribution in [0.1, 0.15) is 27.3 Å². The first-order valence-electron chi connectivity index (χ1n) is 8.38. The number of benzene rings is 2. The minimum absolute atomic E-state index is 0.188. The van der Waals surface area contributed by atoms with E-state index in [1.54, 1.807) is 30.0 Å². The van der Waals surface area contributed by atoms with Gasteiger partial charge in [-0.05, 0) is 65.7 Å². The van der Waals surface area contributed by atoms with Gasteiger partial charge in [-0.3, -0.25) is 4.79 Å². The van der Waals surface area contributed by atoms with Gasteiger partial charge in [-0.25, -0.2) is 0 Å². The zero-order valence-electron chi connectivity index (χ0n) is 15.7. The van der Waals surface area contributed by atoms with Crippen molar-refractivity contribution in [1.82, 2.24) is 25.5 Å². The second kappa shape index (κ2) is 7.86. The zero-order valence-corrected chi connectivity index (χ0v) is 15.7. The number of carbonyl (C=O) groups is 1. The molecular weight excluding hydrogens is 346 g/mol. The molecule has 0 saturated heterocycles. The van der Waals surface area contributed by atoms with Gasteiger partial charge in [0, 0.05) is 5.56 Å². The van der Waals surface area contributed by atoms with E-state index in [1.807, 2.05) is 32.0 Å². The summed E-state index contributed by atoms with van der Waals surface area (Å²) in [5.41, 5.74) is 3.63. The van der Waals surface area contributed by atoms with Crippen LogP contribution in [-0.2, 0) is 6.54 Å². The first-order valence-corrected chi connectivity index (χ1v) is 8.38. The Morgan fingerprint density at radius 2 is 1.81 bits per heavy atom. The maximum absolute atomic E-state index is 12.5. The van der Waals surface area contributed by atoms with E-state index in [9.17, 15) is 4.79 Å². The molecule has 140 valence electrons. The predicted octanol–water partition coefficient (Wildman–Crippen LogP) is 2.23. The van der Waals surface area contributed by atoms with Gasteiger partial charge in [-0.2, -0.15) is 4.68 Å². The van der Waals surface area contributed by atoms with Gasteiger partial charge in [0.2, 0.25) is 0 Å². The highest BCUT2D eigenvalue weighted by atomic mass is 16.5. The molecule has 3 aromatic rings. The summed E-state index contributed by atoms with van der Waals surface area (Å²) >= 11 is 0. The number of hydrogen-bond donors (Lipinski definition) is 1. The van der Waals surface area contributed by atoms with E-state index in [1.165, 1.54) is 12.7 Å². The first-order chi connectivity index (χ1) is 13.0. The zero-order chi connectivity index (χ0) is 19.4. The Bertz CT molecular complexity index is 968. The van der Waals surface area contributed by atoms with Crippen LogP contribution in [0, 0.1) is 13.8 Å². The predicted molar refractivity (Wildman–Crippen MR) is 99.3 cm³/mol. The molecule has 8 nitrogen and oxygen atoms in total. The van der Waals surface area contributed by atoms with Gasteiger partial charge in [-0.1, -0.05) is 6.07 Å². The number of nitrogens with zero attached hydrogens (tertiary/aromatic N) is 4. The highest BCUT2D eigenvalue weighted by molar-refractivity contribution is 5.94. The molecule has 27 heavy (non-hydrogen) atoms. The quantitative estimate of drug-likeness (QED) is 0.718. The van der Waals surface area contributed by atoms with Crippen LogP contribution in [0.15, 0.2) is 36.4 Å². The Hall–Kier alpha value is -3.42. The number of amides is 1. The van der Waals surface area contributed by atoms with Gasteiger partial charge in [0.25, 0.3) is 5.91 Å². The van der Waals surface area contributed by atoms with Gasteiger partial charge in [0.05, 0.1) is 26.5 Å². The van der Waals surface area contributed by atoms with Crippen molar-refractivity contribution in [3.8, 4) is 17.2 Å². The summed E-state index contributed by atoms with van der Waals surface area (Å²) in [5, 5.41) is 14.6. The molecule has 0 saturated carbocycles. The lowest BCUT2D eigenvalue weighted by Crippen LogP contribution is -2.24. The molecule has 2 aromatic carbocycles. The van der Waals surface area contributed by atoms with Gasteiger partial charge in [0.1, 0.15) is 0 Å². The van der Waals surface area contributed by atoms with E-state index < -0.39 is 0 Å². The Kier molecular flexibility index (Phi) is 5.35. The number of aromatic nitrogens is 4. The van der Waals surface area contributed by atoms with Gasteiger partial charge < -0.3 is 14.8 Å². The molecule has 1 N–H and O–H groups in total. The van der Waals surface area contributed by atoms with Crippen molar-refractivity contribution in [2.75, 3.05) is 14.2 Å². The molecule has 0 aliphatic rings. The third kappa shape index (κ3) is 3.89. The fraction of sp³-hybridized carbons (Fsp3) is 0.263. The van der Waals surface area contributed by atoms with E-state index in [0.29, 0.717) is 22.9 Å². The average molecular weight is 367 g/mol. The standard InChI is InChI=1S/C19H21N5O3/c1-12-5-7-15(9-13(12)2)24-18(21-22-23-24)11-20-19(25)14-6-8-16(26-3)17(10-14)27-4/h5-10H,11H2,1-4H3,(H,20,25). The Morgan fingerprint density at radius 1 is 1.04 bits per heavy atom. The molecule has 0 unspecified atom stereocenters. The summed E-state index contributed by atoms with van der Waals surface area (Å²) in [6.45, 7) is 4.26. The first kappa shape index (κ1) is 18.4. The molecule has 8 heteroatoms. The van der Waals surface area contributed by atoms with Crippen molar-refractivity contribution >= 4 is 5.91 Å². The topological polar surface area (TPSA) is 91.2 Å². The van der Waals surface area contributed by atoms with Crippen LogP contribution in [0.4, 0.5) is 0 Å². The second-order valence-electron chi connectivity index (χ2n) is 6.03. The number of carbonyl (C=O) groups excluding carboxylic acids is 1. The lowest BCUT2D eigenvalue weighted by atomic mass is 10.1. The lowest BCUT2D eigenvalue weighted by molar-refractivity contribution is 0.0949. The molecule has 1 heterocycles. The minimum atomic E-state index is -0.259. The molecule has 1 amide bonds. The number of rotatable bonds is 6. The van der Waals surface area contributed by atoms with Crippen LogP contribution in [0.2, 0.25) is 0 Å². The Labute approximate surface area is 157 Å². The van der Waals surface area contributed by atoms with Crippen LogP contribution in [0.25, 0.3) is 5.69 Å². The number of methoxy groups -OCH3 is 2. The molecule has 0 radical (unpaired) electrons. The Morgan fingerprint density at radius 3 is 2.52 bits per heavy atom. The SMILES string of the molecule is COc1ccc(C(=O)NCc2nnnn2-c2ccc(C)c(C)c2)cc1OC. The van der Waals surface area contributed by atoms with E-state index in [0.717, 1.165) is 11.3 Å². The highest BCUT2D eigenvalue weighted by Gasteiger charge is 2.13. The van der Waals surface area contributed by atoms with E-state index in [4.69, 9.17) is 9.47 Å². The van der Waals surface area contributed by atoms with Crippen LogP contribution >= 0.6 is 0 Å². The Balaban J connectivity index is 1.75. The molecule has 0 spiro atoms. The van der Waals surface area contributed by atoms with Crippen molar-refractivity contribution in [1.29, 1.82) is 0 Å². The van der Waals surface area contributed by atoms with Crippen molar-refractivity contribution in [3.05, 3.63) is 58.9 Å². The third-order valence-electron chi connectivity index (χ3n) is 4.32. The number of ether oxygens (including phenoxy) is 2. The van der Waals surface area contributed by atoms with Gasteiger partial charge >= 0.3 is 0 Å². The maximum atomic E-state index is 12.5. The van der Waals surface area contributed by atoms with Crippen molar-refractivity contribution < 1.29 is 14.3 Å². The molecule has 0 fully saturated rings. The smallest absolute Gasteiger partial charge is 0.251 e. The lowest BCUT2D eigenvalue weighted by Gasteiger charge is -2.10. The molecule has 1 aromatic heterocycles. The largest absolute Gasteiger partial charge is 0.493 e. The van der Waals surface area contributed by atoms with Gasteiger partial charge in [-0.15, -0.1) is 5.10 Å². The van der Waals surface area contributed by atoms with Crippen LogP contribution < -0.4 is 14.8 Å². The van der Waals surface area contributed by atoms with Crippen molar-refractivity contribution in [2.45, 2.75) is 20.4 Å². The summed E-state index contributed by atoms with van der Waals surface area (Å²) < 4.78 is 12.0. The highest BCUT2D eigenvalue weighted by Crippen LogP contribution is 2.27. The molecule has 0 aliphatic carbocycles. The summed E-state index contributed by atoms with van der Waals surface area (Å²) in [4.78, 5) is 12.5. The average Bonchev–Trinajstić information content (AvgIpc) is 3.16. The van der Waals surface area contributed by atoms with Crippen LogP contribution in [0.5, 0.6) is 11.5 Å². The molecule has 3 rings (SSSR count). The number of hydrogen-bond acceptors (Lipinski definition) is 6. The number of tetrazole rings is 1. The fourth-order valence-corrected chi connectivity index (χ4v) is 2.61. The van der Waals surface area contributed by atoms with Crippen LogP contribution in [-0.4, -0.2) is 40.3 Å². The van der Waals surface area contributed by atoms with E-state index in [2.05, 4.69) is 20.8 Å². The summed E-state index contributed by atoms with van der Waals surface area (Å²) in [5.74, 6) is 1.33. The fourth-order valence-electron chi connectivity index (χ4n) is 2.61. The normalized spacial score (nSPS) is 10.5. The van der Waals surface area contributed by atoms with Crippen LogP contribution in [0.3, 0.4) is 0 Å². The number of aryl methyl sites for hydroxylation is 2. The van der Waals surface area contributed by atoms with Crippen molar-refractivity contribution in [2.24, 2.45) is 0 Å². The number of nitrogens with one attached hydrogen (secondary N) is 1. The second-order valence-corrected chi connectivity index (χ2v) is 6.03. The monoisotopic (exact) mass is 367 g/mol. The van der Waals surface area contributed by atoms with Gasteiger partial charge in [0.15, 0.2) is 17.3 Å². The molecule has 0 bridgehead atoms. The van der Waals surface area contributed by atoms with E-state index in [-0.39, 0.29) is 12.5 Å². The molecule has 0 atom stereocenters. The molecular formula is C19H21N5O3. The minimum Gasteiger partial charge on any atom is -0.493 e. The summed E-state index contributed by atoms with van der Waals surface area (Å²) in [6.07, 6.45) is 0.